The molecule has 1 aliphatic heterocycles. The fraction of sp³-hybridized carbons (Fsp3) is 0.947. The van der Waals surface area contributed by atoms with E-state index in [1.165, 1.54) is 12.8 Å². The molecule has 0 bridgehead atoms. The van der Waals surface area contributed by atoms with Crippen molar-refractivity contribution in [1.29, 1.82) is 0 Å². The normalized spacial score (nSPS) is 18.2. The SMILES string of the molecule is CC(=O)CC(C(C)CCOCCOCCOCCO)C1CCNCC1. The van der Waals surface area contributed by atoms with Crippen molar-refractivity contribution in [2.45, 2.75) is 39.5 Å². The summed E-state index contributed by atoms with van der Waals surface area (Å²) in [5.74, 6) is 1.93. The lowest BCUT2D eigenvalue weighted by atomic mass is 9.74. The molecule has 0 spiro atoms. The fourth-order valence-corrected chi connectivity index (χ4v) is 3.53. The largest absolute Gasteiger partial charge is 0.394 e. The minimum absolute atomic E-state index is 0.0449. The lowest BCUT2D eigenvalue weighted by molar-refractivity contribution is -0.119. The van der Waals surface area contributed by atoms with Crippen LogP contribution in [0.5, 0.6) is 0 Å². The van der Waals surface area contributed by atoms with Crippen molar-refractivity contribution in [1.82, 2.24) is 5.32 Å². The molecule has 6 heteroatoms. The molecule has 0 saturated carbocycles. The third kappa shape index (κ3) is 10.9. The van der Waals surface area contributed by atoms with Crippen molar-refractivity contribution < 1.29 is 24.1 Å². The van der Waals surface area contributed by atoms with Crippen LogP contribution in [0.15, 0.2) is 0 Å². The fourth-order valence-electron chi connectivity index (χ4n) is 3.53. The number of aliphatic hydroxyl groups is 1. The van der Waals surface area contributed by atoms with Crippen LogP contribution in [0.2, 0.25) is 0 Å². The number of aliphatic hydroxyl groups excluding tert-OH is 1. The van der Waals surface area contributed by atoms with Gasteiger partial charge in [-0.15, -0.1) is 0 Å². The number of piperidine rings is 1. The molecular weight excluding hydrogens is 322 g/mol. The molecule has 148 valence electrons. The van der Waals surface area contributed by atoms with Crippen LogP contribution >= 0.6 is 0 Å². The lowest BCUT2D eigenvalue weighted by Gasteiger charge is -2.34. The van der Waals surface area contributed by atoms with E-state index in [-0.39, 0.29) is 6.61 Å². The van der Waals surface area contributed by atoms with Crippen molar-refractivity contribution >= 4 is 5.78 Å². The summed E-state index contributed by atoms with van der Waals surface area (Å²) < 4.78 is 16.2. The number of nitrogens with one attached hydrogen (secondary N) is 1. The van der Waals surface area contributed by atoms with Crippen LogP contribution in [-0.2, 0) is 19.0 Å². The molecule has 25 heavy (non-hydrogen) atoms. The monoisotopic (exact) mass is 359 g/mol. The molecule has 0 aromatic heterocycles. The highest BCUT2D eigenvalue weighted by atomic mass is 16.5. The van der Waals surface area contributed by atoms with E-state index in [9.17, 15) is 4.79 Å². The summed E-state index contributed by atoms with van der Waals surface area (Å²) in [6.07, 6.45) is 4.04. The number of ether oxygens (including phenoxy) is 3. The van der Waals surface area contributed by atoms with Crippen molar-refractivity contribution in [2.24, 2.45) is 17.8 Å². The minimum atomic E-state index is 0.0449. The smallest absolute Gasteiger partial charge is 0.130 e. The van der Waals surface area contributed by atoms with Gasteiger partial charge in [0, 0.05) is 13.0 Å². The molecule has 1 saturated heterocycles. The average Bonchev–Trinajstić information content (AvgIpc) is 2.61. The first-order valence-electron chi connectivity index (χ1n) is 9.69. The van der Waals surface area contributed by atoms with Crippen molar-refractivity contribution in [3.05, 3.63) is 0 Å². The van der Waals surface area contributed by atoms with Gasteiger partial charge < -0.3 is 29.4 Å². The maximum atomic E-state index is 11.7. The highest BCUT2D eigenvalue weighted by Crippen LogP contribution is 2.32. The van der Waals surface area contributed by atoms with E-state index >= 15 is 0 Å². The predicted molar refractivity (Wildman–Crippen MR) is 97.7 cm³/mol. The highest BCUT2D eigenvalue weighted by Gasteiger charge is 2.28. The van der Waals surface area contributed by atoms with E-state index in [1.54, 1.807) is 6.92 Å². The van der Waals surface area contributed by atoms with Crippen LogP contribution in [0.25, 0.3) is 0 Å². The minimum Gasteiger partial charge on any atom is -0.394 e. The van der Waals surface area contributed by atoms with Gasteiger partial charge in [0.25, 0.3) is 0 Å². The van der Waals surface area contributed by atoms with Gasteiger partial charge in [0.05, 0.1) is 39.6 Å². The zero-order valence-corrected chi connectivity index (χ0v) is 16.0. The molecule has 2 N–H and O–H groups in total. The maximum Gasteiger partial charge on any atom is 0.130 e. The van der Waals surface area contributed by atoms with Crippen molar-refractivity contribution in [3.8, 4) is 0 Å². The number of carbonyl (C=O) groups is 1. The number of Topliss-reactive ketones (excluding diaryl/α,β-unsaturated/α-hetero) is 1. The van der Waals surface area contributed by atoms with Gasteiger partial charge in [0.2, 0.25) is 0 Å². The van der Waals surface area contributed by atoms with Gasteiger partial charge in [0.1, 0.15) is 5.78 Å². The molecule has 2 unspecified atom stereocenters. The molecule has 0 aromatic rings. The molecule has 1 rings (SSSR count). The Bertz CT molecular complexity index is 334. The molecule has 6 nitrogen and oxygen atoms in total. The third-order valence-corrected chi connectivity index (χ3v) is 4.94. The van der Waals surface area contributed by atoms with Crippen LogP contribution in [0, 0.1) is 17.8 Å². The maximum absolute atomic E-state index is 11.7. The van der Waals surface area contributed by atoms with Gasteiger partial charge in [-0.25, -0.2) is 0 Å². The summed E-state index contributed by atoms with van der Waals surface area (Å²) >= 11 is 0. The van der Waals surface area contributed by atoms with E-state index in [1.807, 2.05) is 0 Å². The molecule has 2 atom stereocenters. The summed E-state index contributed by atoms with van der Waals surface area (Å²) in [6.45, 7) is 9.39. The molecule has 0 amide bonds. The Labute approximate surface area is 152 Å². The highest BCUT2D eigenvalue weighted by molar-refractivity contribution is 5.75. The van der Waals surface area contributed by atoms with Crippen molar-refractivity contribution in [3.63, 3.8) is 0 Å². The third-order valence-electron chi connectivity index (χ3n) is 4.94. The molecule has 1 heterocycles. The number of hydrogen-bond donors (Lipinski definition) is 2. The van der Waals surface area contributed by atoms with E-state index in [2.05, 4.69) is 12.2 Å². The van der Waals surface area contributed by atoms with Gasteiger partial charge in [-0.1, -0.05) is 6.92 Å². The van der Waals surface area contributed by atoms with Gasteiger partial charge >= 0.3 is 0 Å². The Balaban J connectivity index is 2.12. The molecule has 0 aliphatic carbocycles. The first-order valence-corrected chi connectivity index (χ1v) is 9.69. The van der Waals surface area contributed by atoms with E-state index in [4.69, 9.17) is 19.3 Å². The summed E-state index contributed by atoms with van der Waals surface area (Å²) in [4.78, 5) is 11.7. The van der Waals surface area contributed by atoms with Gasteiger partial charge in [-0.05, 0) is 57.0 Å². The lowest BCUT2D eigenvalue weighted by Crippen LogP contribution is -2.35. The van der Waals surface area contributed by atoms with E-state index in [0.717, 1.165) is 19.5 Å². The molecule has 0 aromatic carbocycles. The quantitative estimate of drug-likeness (QED) is 0.433. The second kappa shape index (κ2) is 14.6. The Morgan fingerprint density at radius 3 is 2.16 bits per heavy atom. The standard InChI is InChI=1S/C19H37NO5/c1-16(5-9-23-11-13-25-14-12-24-10-8-21)19(15-17(2)22)18-3-6-20-7-4-18/h16,18-21H,3-15H2,1-2H3. The zero-order chi connectivity index (χ0) is 18.3. The van der Waals surface area contributed by atoms with Crippen LogP contribution in [0.4, 0.5) is 0 Å². The number of hydrogen-bond acceptors (Lipinski definition) is 6. The van der Waals surface area contributed by atoms with Gasteiger partial charge in [-0.2, -0.15) is 0 Å². The van der Waals surface area contributed by atoms with Crippen LogP contribution in [-0.4, -0.2) is 70.2 Å². The second-order valence-electron chi connectivity index (χ2n) is 6.98. The predicted octanol–water partition coefficient (Wildman–Crippen LogP) is 1.65. The molecule has 1 fully saturated rings. The second-order valence-corrected chi connectivity index (χ2v) is 6.98. The van der Waals surface area contributed by atoms with Gasteiger partial charge in [-0.3, -0.25) is 0 Å². The Kier molecular flexibility index (Phi) is 13.2. The Hall–Kier alpha value is -0.530. The average molecular weight is 360 g/mol. The summed E-state index contributed by atoms with van der Waals surface area (Å²) in [5, 5.41) is 12.0. The molecule has 1 aliphatic rings. The Morgan fingerprint density at radius 2 is 1.60 bits per heavy atom. The van der Waals surface area contributed by atoms with E-state index in [0.29, 0.717) is 69.6 Å². The topological polar surface area (TPSA) is 77.0 Å². The van der Waals surface area contributed by atoms with Crippen LogP contribution in [0.1, 0.15) is 39.5 Å². The first kappa shape index (κ1) is 22.5. The number of ketones is 1. The van der Waals surface area contributed by atoms with Crippen molar-refractivity contribution in [2.75, 3.05) is 59.3 Å². The summed E-state index contributed by atoms with van der Waals surface area (Å²) in [6, 6.07) is 0. The summed E-state index contributed by atoms with van der Waals surface area (Å²) in [7, 11) is 0. The first-order chi connectivity index (χ1) is 12.1. The molecular formula is C19H37NO5. The van der Waals surface area contributed by atoms with Gasteiger partial charge in [0.15, 0.2) is 0 Å². The Morgan fingerprint density at radius 1 is 1.04 bits per heavy atom. The molecule has 0 radical (unpaired) electrons. The van der Waals surface area contributed by atoms with Crippen LogP contribution < -0.4 is 5.32 Å². The van der Waals surface area contributed by atoms with E-state index < -0.39 is 0 Å². The number of carbonyl (C=O) groups excluding carboxylic acids is 1. The summed E-state index contributed by atoms with van der Waals surface area (Å²) in [5.41, 5.74) is 0. The van der Waals surface area contributed by atoms with Crippen LogP contribution in [0.3, 0.4) is 0 Å². The zero-order valence-electron chi connectivity index (χ0n) is 16.0. The number of rotatable bonds is 15.